The molecule has 26 heavy (non-hydrogen) atoms. The Balaban J connectivity index is 1.87. The molecule has 0 bridgehead atoms. The minimum Gasteiger partial charge on any atom is -0.481 e. The Morgan fingerprint density at radius 1 is 1.00 bits per heavy atom. The molecule has 2 N–H and O–H groups in total. The van der Waals surface area contributed by atoms with Gasteiger partial charge in [0, 0.05) is 6.42 Å². The Bertz CT molecular complexity index is 745. The SMILES string of the molecule is CC(NC(=O)OCc1ccccc1)C(=O)CC(C(=O)O)c1ccccc1. The summed E-state index contributed by atoms with van der Waals surface area (Å²) in [7, 11) is 0. The number of rotatable bonds is 8. The number of carboxylic acid groups (broad SMARTS) is 1. The maximum Gasteiger partial charge on any atom is 0.408 e. The normalized spacial score (nSPS) is 12.7. The van der Waals surface area contributed by atoms with E-state index in [9.17, 15) is 19.5 Å². The summed E-state index contributed by atoms with van der Waals surface area (Å²) >= 11 is 0. The van der Waals surface area contributed by atoms with Crippen LogP contribution in [-0.4, -0.2) is 29.0 Å². The smallest absolute Gasteiger partial charge is 0.408 e. The standard InChI is InChI=1S/C20H21NO5/c1-14(21-20(25)26-13-15-8-4-2-5-9-15)18(22)12-17(19(23)24)16-10-6-3-7-11-16/h2-11,14,17H,12-13H2,1H3,(H,21,25)(H,23,24). The Kier molecular flexibility index (Phi) is 6.91. The first kappa shape index (κ1) is 19.2. The summed E-state index contributed by atoms with van der Waals surface area (Å²) in [6, 6.07) is 16.9. The summed E-state index contributed by atoms with van der Waals surface area (Å²) in [6.45, 7) is 1.60. The Morgan fingerprint density at radius 3 is 2.15 bits per heavy atom. The molecule has 2 unspecified atom stereocenters. The molecule has 0 spiro atoms. The van der Waals surface area contributed by atoms with Gasteiger partial charge in [-0.3, -0.25) is 9.59 Å². The second-order valence-corrected chi connectivity index (χ2v) is 5.90. The van der Waals surface area contributed by atoms with Crippen molar-refractivity contribution in [1.29, 1.82) is 0 Å². The molecule has 6 heteroatoms. The predicted octanol–water partition coefficient (Wildman–Crippen LogP) is 3.13. The lowest BCUT2D eigenvalue weighted by Crippen LogP contribution is -2.39. The average Bonchev–Trinajstić information content (AvgIpc) is 2.65. The highest BCUT2D eigenvalue weighted by molar-refractivity contribution is 5.91. The van der Waals surface area contributed by atoms with E-state index in [-0.39, 0.29) is 18.8 Å². The number of Topliss-reactive ketones (excluding diaryl/α,β-unsaturated/α-hetero) is 1. The van der Waals surface area contributed by atoms with E-state index >= 15 is 0 Å². The number of carbonyl (C=O) groups is 3. The first-order valence-corrected chi connectivity index (χ1v) is 8.25. The van der Waals surface area contributed by atoms with Crippen LogP contribution >= 0.6 is 0 Å². The van der Waals surface area contributed by atoms with Crippen LogP contribution in [0.5, 0.6) is 0 Å². The lowest BCUT2D eigenvalue weighted by atomic mass is 9.92. The van der Waals surface area contributed by atoms with Crippen molar-refractivity contribution in [3.8, 4) is 0 Å². The molecule has 0 aliphatic heterocycles. The summed E-state index contributed by atoms with van der Waals surface area (Å²) < 4.78 is 5.07. The third-order valence-electron chi connectivity index (χ3n) is 3.94. The lowest BCUT2D eigenvalue weighted by Gasteiger charge is -2.16. The molecule has 0 fully saturated rings. The number of carboxylic acids is 1. The fourth-order valence-corrected chi connectivity index (χ4v) is 2.43. The predicted molar refractivity (Wildman–Crippen MR) is 95.7 cm³/mol. The van der Waals surface area contributed by atoms with Gasteiger partial charge in [0.05, 0.1) is 12.0 Å². The van der Waals surface area contributed by atoms with Crippen molar-refractivity contribution in [3.63, 3.8) is 0 Å². The second kappa shape index (κ2) is 9.36. The lowest BCUT2D eigenvalue weighted by molar-refractivity contribution is -0.140. The summed E-state index contributed by atoms with van der Waals surface area (Å²) in [5.74, 6) is -2.41. The Hall–Kier alpha value is -3.15. The molecule has 1 amide bonds. The van der Waals surface area contributed by atoms with Crippen molar-refractivity contribution >= 4 is 17.8 Å². The molecule has 0 heterocycles. The maximum absolute atomic E-state index is 12.3. The molecule has 2 aromatic carbocycles. The van der Waals surface area contributed by atoms with Crippen molar-refractivity contribution in [2.24, 2.45) is 0 Å². The van der Waals surface area contributed by atoms with Gasteiger partial charge in [-0.1, -0.05) is 60.7 Å². The van der Waals surface area contributed by atoms with Gasteiger partial charge in [-0.25, -0.2) is 4.79 Å². The molecule has 0 radical (unpaired) electrons. The van der Waals surface area contributed by atoms with Gasteiger partial charge >= 0.3 is 12.1 Å². The summed E-state index contributed by atoms with van der Waals surface area (Å²) in [6.07, 6.45) is -0.930. The van der Waals surface area contributed by atoms with E-state index in [0.29, 0.717) is 5.56 Å². The van der Waals surface area contributed by atoms with E-state index in [4.69, 9.17) is 4.74 Å². The first-order chi connectivity index (χ1) is 12.5. The molecule has 0 aliphatic carbocycles. The zero-order valence-corrected chi connectivity index (χ0v) is 14.4. The fraction of sp³-hybridized carbons (Fsp3) is 0.250. The third-order valence-corrected chi connectivity index (χ3v) is 3.94. The maximum atomic E-state index is 12.3. The molecule has 0 saturated heterocycles. The van der Waals surface area contributed by atoms with Gasteiger partial charge in [0.2, 0.25) is 0 Å². The molecular formula is C20H21NO5. The summed E-state index contributed by atoms with van der Waals surface area (Å²) in [5.41, 5.74) is 1.38. The number of benzene rings is 2. The van der Waals surface area contributed by atoms with Crippen LogP contribution in [-0.2, 0) is 20.9 Å². The van der Waals surface area contributed by atoms with Crippen molar-refractivity contribution < 1.29 is 24.2 Å². The molecule has 0 aromatic heterocycles. The molecule has 136 valence electrons. The number of hydrogen-bond donors (Lipinski definition) is 2. The number of hydrogen-bond acceptors (Lipinski definition) is 4. The zero-order chi connectivity index (χ0) is 18.9. The number of nitrogens with one attached hydrogen (secondary N) is 1. The monoisotopic (exact) mass is 355 g/mol. The van der Waals surface area contributed by atoms with Gasteiger partial charge in [0.25, 0.3) is 0 Å². The van der Waals surface area contributed by atoms with Crippen molar-refractivity contribution in [2.75, 3.05) is 0 Å². The molecule has 0 saturated carbocycles. The summed E-state index contributed by atoms with van der Waals surface area (Å²) in [5, 5.41) is 11.8. The van der Waals surface area contributed by atoms with Crippen molar-refractivity contribution in [1.82, 2.24) is 5.32 Å². The molecular weight excluding hydrogens is 334 g/mol. The van der Waals surface area contributed by atoms with E-state index in [2.05, 4.69) is 5.32 Å². The van der Waals surface area contributed by atoms with Gasteiger partial charge in [-0.15, -0.1) is 0 Å². The van der Waals surface area contributed by atoms with Gasteiger partial charge < -0.3 is 15.2 Å². The van der Waals surface area contributed by atoms with Crippen LogP contribution in [0.25, 0.3) is 0 Å². The first-order valence-electron chi connectivity index (χ1n) is 8.25. The van der Waals surface area contributed by atoms with Crippen LogP contribution in [0.4, 0.5) is 4.79 Å². The molecule has 0 aliphatic rings. The van der Waals surface area contributed by atoms with Crippen LogP contribution in [0.1, 0.15) is 30.4 Å². The number of amides is 1. The van der Waals surface area contributed by atoms with Gasteiger partial charge in [-0.2, -0.15) is 0 Å². The number of ether oxygens (including phenoxy) is 1. The molecule has 6 nitrogen and oxygen atoms in total. The van der Waals surface area contributed by atoms with Crippen molar-refractivity contribution in [2.45, 2.75) is 31.9 Å². The van der Waals surface area contributed by atoms with Gasteiger partial charge in [-0.05, 0) is 18.1 Å². The average molecular weight is 355 g/mol. The van der Waals surface area contributed by atoms with Crippen LogP contribution < -0.4 is 5.32 Å². The number of carbonyl (C=O) groups excluding carboxylic acids is 2. The fourth-order valence-electron chi connectivity index (χ4n) is 2.43. The molecule has 2 atom stereocenters. The van der Waals surface area contributed by atoms with Crippen LogP contribution in [0, 0.1) is 0 Å². The van der Waals surface area contributed by atoms with Gasteiger partial charge in [0.1, 0.15) is 6.61 Å². The van der Waals surface area contributed by atoms with E-state index in [1.165, 1.54) is 6.92 Å². The Labute approximate surface area is 151 Å². The quantitative estimate of drug-likeness (QED) is 0.759. The van der Waals surface area contributed by atoms with Crippen LogP contribution in [0.3, 0.4) is 0 Å². The van der Waals surface area contributed by atoms with E-state index in [1.54, 1.807) is 30.3 Å². The highest BCUT2D eigenvalue weighted by Crippen LogP contribution is 2.20. The minimum absolute atomic E-state index is 0.0926. The molecule has 2 aromatic rings. The van der Waals surface area contributed by atoms with E-state index in [1.807, 2.05) is 30.3 Å². The molecule has 2 rings (SSSR count). The van der Waals surface area contributed by atoms with Crippen LogP contribution in [0.2, 0.25) is 0 Å². The minimum atomic E-state index is -1.08. The van der Waals surface area contributed by atoms with E-state index in [0.717, 1.165) is 5.56 Å². The Morgan fingerprint density at radius 2 is 1.58 bits per heavy atom. The zero-order valence-electron chi connectivity index (χ0n) is 14.4. The third kappa shape index (κ3) is 5.73. The summed E-state index contributed by atoms with van der Waals surface area (Å²) in [4.78, 5) is 35.6. The number of aliphatic carboxylic acids is 1. The highest BCUT2D eigenvalue weighted by Gasteiger charge is 2.26. The number of ketones is 1. The second-order valence-electron chi connectivity index (χ2n) is 5.90. The van der Waals surface area contributed by atoms with Crippen LogP contribution in [0.15, 0.2) is 60.7 Å². The number of alkyl carbamates (subject to hydrolysis) is 1. The van der Waals surface area contributed by atoms with E-state index < -0.39 is 24.0 Å². The van der Waals surface area contributed by atoms with Gasteiger partial charge in [0.15, 0.2) is 5.78 Å². The highest BCUT2D eigenvalue weighted by atomic mass is 16.5. The largest absolute Gasteiger partial charge is 0.481 e. The topological polar surface area (TPSA) is 92.7 Å². The van der Waals surface area contributed by atoms with Crippen molar-refractivity contribution in [3.05, 3.63) is 71.8 Å².